The van der Waals surface area contributed by atoms with E-state index in [1.807, 2.05) is 27.7 Å². The molecule has 1 heterocycles. The van der Waals surface area contributed by atoms with Crippen molar-refractivity contribution < 1.29 is 15.0 Å². The van der Waals surface area contributed by atoms with Crippen molar-refractivity contribution in [2.75, 3.05) is 0 Å². The molecule has 108 valence electrons. The lowest BCUT2D eigenvalue weighted by atomic mass is 9.97. The average molecular weight is 269 g/mol. The number of carboxylic acids is 1. The highest BCUT2D eigenvalue weighted by atomic mass is 16.4. The third-order valence-corrected chi connectivity index (χ3v) is 3.40. The number of rotatable bonds is 7. The fourth-order valence-electron chi connectivity index (χ4n) is 1.97. The van der Waals surface area contributed by atoms with Gasteiger partial charge in [-0.2, -0.15) is 0 Å². The monoisotopic (exact) mass is 269 g/mol. The van der Waals surface area contributed by atoms with Crippen LogP contribution in [0.15, 0.2) is 0 Å². The van der Waals surface area contributed by atoms with E-state index in [2.05, 4.69) is 10.3 Å². The van der Waals surface area contributed by atoms with Crippen molar-refractivity contribution in [1.29, 1.82) is 0 Å². The van der Waals surface area contributed by atoms with Gasteiger partial charge in [-0.1, -0.05) is 32.9 Å². The van der Waals surface area contributed by atoms with Crippen molar-refractivity contribution in [2.24, 2.45) is 5.92 Å². The highest BCUT2D eigenvalue weighted by Gasteiger charge is 2.27. The standard InChI is InChI=1S/C13H23N3O3/c1-5-13(19,6-2)8-16-10(7-9(3)4)11(12(17)18)14-15-16/h9,19H,5-8H2,1-4H3,(H,17,18). The molecule has 0 saturated carbocycles. The first-order chi connectivity index (χ1) is 8.83. The molecule has 0 radical (unpaired) electrons. The SMILES string of the molecule is CCC(O)(CC)Cn1nnc(C(=O)O)c1CC(C)C. The summed E-state index contributed by atoms with van der Waals surface area (Å²) in [7, 11) is 0. The van der Waals surface area contributed by atoms with Crippen molar-refractivity contribution in [2.45, 2.75) is 59.1 Å². The zero-order valence-corrected chi connectivity index (χ0v) is 12.1. The fourth-order valence-corrected chi connectivity index (χ4v) is 1.97. The molecule has 1 rings (SSSR count). The molecule has 0 spiro atoms. The number of carboxylic acid groups (broad SMARTS) is 1. The second-order valence-corrected chi connectivity index (χ2v) is 5.38. The van der Waals surface area contributed by atoms with E-state index in [1.165, 1.54) is 4.68 Å². The van der Waals surface area contributed by atoms with Crippen molar-refractivity contribution in [1.82, 2.24) is 15.0 Å². The van der Waals surface area contributed by atoms with E-state index in [1.54, 1.807) is 0 Å². The van der Waals surface area contributed by atoms with Gasteiger partial charge in [0.1, 0.15) is 0 Å². The van der Waals surface area contributed by atoms with Gasteiger partial charge in [0.05, 0.1) is 17.8 Å². The third kappa shape index (κ3) is 3.76. The van der Waals surface area contributed by atoms with E-state index in [4.69, 9.17) is 5.11 Å². The molecule has 2 N–H and O–H groups in total. The first kappa shape index (κ1) is 15.6. The van der Waals surface area contributed by atoms with Gasteiger partial charge in [0.2, 0.25) is 0 Å². The molecule has 6 nitrogen and oxygen atoms in total. The van der Waals surface area contributed by atoms with Crippen LogP contribution < -0.4 is 0 Å². The van der Waals surface area contributed by atoms with Crippen LogP contribution in [0.25, 0.3) is 0 Å². The predicted molar refractivity (Wildman–Crippen MR) is 71.1 cm³/mol. The maximum atomic E-state index is 11.1. The Morgan fingerprint density at radius 2 is 1.95 bits per heavy atom. The second kappa shape index (κ2) is 6.14. The summed E-state index contributed by atoms with van der Waals surface area (Å²) in [6, 6.07) is 0. The van der Waals surface area contributed by atoms with E-state index in [9.17, 15) is 9.90 Å². The summed E-state index contributed by atoms with van der Waals surface area (Å²) in [5.41, 5.74) is -0.291. The van der Waals surface area contributed by atoms with Crippen LogP contribution in [-0.2, 0) is 13.0 Å². The van der Waals surface area contributed by atoms with E-state index in [0.717, 1.165) is 0 Å². The van der Waals surface area contributed by atoms with Crippen LogP contribution >= 0.6 is 0 Å². The van der Waals surface area contributed by atoms with Gasteiger partial charge in [0.15, 0.2) is 5.69 Å². The Labute approximate surface area is 113 Å². The summed E-state index contributed by atoms with van der Waals surface area (Å²) in [4.78, 5) is 11.1. The van der Waals surface area contributed by atoms with Gasteiger partial charge >= 0.3 is 5.97 Å². The number of hydrogen-bond acceptors (Lipinski definition) is 4. The maximum absolute atomic E-state index is 11.1. The lowest BCUT2D eigenvalue weighted by Gasteiger charge is -2.25. The van der Waals surface area contributed by atoms with Crippen LogP contribution in [0.1, 0.15) is 56.7 Å². The summed E-state index contributed by atoms with van der Waals surface area (Å²) >= 11 is 0. The zero-order valence-electron chi connectivity index (χ0n) is 12.1. The van der Waals surface area contributed by atoms with Crippen molar-refractivity contribution in [3.8, 4) is 0 Å². The zero-order chi connectivity index (χ0) is 14.6. The van der Waals surface area contributed by atoms with Gasteiger partial charge in [-0.15, -0.1) is 5.10 Å². The maximum Gasteiger partial charge on any atom is 0.358 e. The fraction of sp³-hybridized carbons (Fsp3) is 0.769. The molecule has 6 heteroatoms. The predicted octanol–water partition coefficient (Wildman–Crippen LogP) is 1.73. The minimum atomic E-state index is -1.07. The van der Waals surface area contributed by atoms with E-state index < -0.39 is 11.6 Å². The van der Waals surface area contributed by atoms with Gasteiger partial charge in [-0.05, 0) is 25.2 Å². The van der Waals surface area contributed by atoms with Crippen LogP contribution in [0.5, 0.6) is 0 Å². The third-order valence-electron chi connectivity index (χ3n) is 3.40. The van der Waals surface area contributed by atoms with Crippen LogP contribution in [0.2, 0.25) is 0 Å². The van der Waals surface area contributed by atoms with Crippen molar-refractivity contribution in [3.05, 3.63) is 11.4 Å². The number of nitrogens with zero attached hydrogens (tertiary/aromatic N) is 3. The van der Waals surface area contributed by atoms with E-state index in [0.29, 0.717) is 30.9 Å². The Hall–Kier alpha value is -1.43. The summed E-state index contributed by atoms with van der Waals surface area (Å²) in [5.74, 6) is -0.773. The molecule has 0 amide bonds. The smallest absolute Gasteiger partial charge is 0.358 e. The molecule has 1 aromatic rings. The molecule has 0 aliphatic heterocycles. The normalized spacial score (nSPS) is 12.1. The van der Waals surface area contributed by atoms with Crippen LogP contribution in [0.4, 0.5) is 0 Å². The highest BCUT2D eigenvalue weighted by molar-refractivity contribution is 5.86. The van der Waals surface area contributed by atoms with Crippen LogP contribution in [0, 0.1) is 5.92 Å². The Bertz CT molecular complexity index is 436. The van der Waals surface area contributed by atoms with Crippen molar-refractivity contribution >= 4 is 5.97 Å². The lowest BCUT2D eigenvalue weighted by molar-refractivity contribution is 0.0105. The number of carbonyl (C=O) groups is 1. The van der Waals surface area contributed by atoms with Gasteiger partial charge in [0, 0.05) is 0 Å². The second-order valence-electron chi connectivity index (χ2n) is 5.38. The number of aromatic nitrogens is 3. The minimum Gasteiger partial charge on any atom is -0.476 e. The van der Waals surface area contributed by atoms with Crippen LogP contribution in [0.3, 0.4) is 0 Å². The number of aliphatic hydroxyl groups is 1. The summed E-state index contributed by atoms with van der Waals surface area (Å²) in [5, 5.41) is 27.1. The first-order valence-corrected chi connectivity index (χ1v) is 6.71. The van der Waals surface area contributed by atoms with Gasteiger partial charge < -0.3 is 10.2 Å². The number of aromatic carboxylic acids is 1. The molecule has 0 saturated heterocycles. The summed E-state index contributed by atoms with van der Waals surface area (Å²) in [6.07, 6.45) is 1.76. The molecule has 0 aliphatic carbocycles. The van der Waals surface area contributed by atoms with E-state index >= 15 is 0 Å². The van der Waals surface area contributed by atoms with Gasteiger partial charge in [0.25, 0.3) is 0 Å². The molecule has 0 unspecified atom stereocenters. The summed E-state index contributed by atoms with van der Waals surface area (Å²) in [6.45, 7) is 8.10. The first-order valence-electron chi connectivity index (χ1n) is 6.71. The Morgan fingerprint density at radius 1 is 1.37 bits per heavy atom. The molecule has 1 aromatic heterocycles. The minimum absolute atomic E-state index is 0.0109. The molecule has 0 aliphatic rings. The molecular formula is C13H23N3O3. The Morgan fingerprint density at radius 3 is 2.37 bits per heavy atom. The molecular weight excluding hydrogens is 246 g/mol. The largest absolute Gasteiger partial charge is 0.476 e. The lowest BCUT2D eigenvalue weighted by Crippen LogP contribution is -2.34. The average Bonchev–Trinajstić information content (AvgIpc) is 2.71. The van der Waals surface area contributed by atoms with Crippen molar-refractivity contribution in [3.63, 3.8) is 0 Å². The summed E-state index contributed by atoms with van der Waals surface area (Å²) < 4.78 is 1.54. The van der Waals surface area contributed by atoms with Gasteiger partial charge in [-0.25, -0.2) is 9.48 Å². The Balaban J connectivity index is 3.10. The van der Waals surface area contributed by atoms with Crippen LogP contribution in [-0.4, -0.2) is 36.8 Å². The molecule has 0 aromatic carbocycles. The molecule has 0 fully saturated rings. The molecule has 19 heavy (non-hydrogen) atoms. The Kier molecular flexibility index (Phi) is 5.05. The quantitative estimate of drug-likeness (QED) is 0.787. The molecule has 0 atom stereocenters. The highest BCUT2D eigenvalue weighted by Crippen LogP contribution is 2.20. The topological polar surface area (TPSA) is 88.2 Å². The molecule has 0 bridgehead atoms. The number of hydrogen-bond donors (Lipinski definition) is 2. The van der Waals surface area contributed by atoms with E-state index in [-0.39, 0.29) is 12.2 Å². The van der Waals surface area contributed by atoms with Gasteiger partial charge in [-0.3, -0.25) is 0 Å².